The summed E-state index contributed by atoms with van der Waals surface area (Å²) in [5.74, 6) is 0.441. The molecule has 6 heteroatoms. The van der Waals surface area contributed by atoms with Crippen LogP contribution in [0.4, 0.5) is 0 Å². The molecule has 2 saturated heterocycles. The fourth-order valence-electron chi connectivity index (χ4n) is 2.95. The zero-order valence-corrected chi connectivity index (χ0v) is 12.4. The number of carbonyl (C=O) groups excluding carboxylic acids is 3. The van der Waals surface area contributed by atoms with Crippen LogP contribution in [0, 0.1) is 0 Å². The van der Waals surface area contributed by atoms with Crippen LogP contribution in [-0.4, -0.2) is 53.8 Å². The molecule has 22 heavy (non-hydrogen) atoms. The van der Waals surface area contributed by atoms with Crippen molar-refractivity contribution in [3.63, 3.8) is 0 Å². The van der Waals surface area contributed by atoms with E-state index in [-0.39, 0.29) is 30.2 Å². The predicted molar refractivity (Wildman–Crippen MR) is 78.2 cm³/mol. The molecule has 1 aromatic rings. The van der Waals surface area contributed by atoms with E-state index in [0.29, 0.717) is 31.7 Å². The number of hydrogen-bond donors (Lipinski definition) is 0. The molecule has 0 radical (unpaired) electrons. The van der Waals surface area contributed by atoms with E-state index in [9.17, 15) is 14.4 Å². The minimum atomic E-state index is -0.149. The zero-order valence-electron chi connectivity index (χ0n) is 12.4. The summed E-state index contributed by atoms with van der Waals surface area (Å²) in [5.41, 5.74) is 0.840. The number of para-hydroxylation sites is 1. The molecule has 3 amide bonds. The Morgan fingerprint density at radius 1 is 1.18 bits per heavy atom. The van der Waals surface area contributed by atoms with E-state index in [2.05, 4.69) is 0 Å². The number of benzene rings is 1. The molecular weight excluding hydrogens is 284 g/mol. The van der Waals surface area contributed by atoms with E-state index in [0.717, 1.165) is 5.56 Å². The van der Waals surface area contributed by atoms with Gasteiger partial charge in [-0.2, -0.15) is 0 Å². The van der Waals surface area contributed by atoms with Crippen molar-refractivity contribution in [2.75, 3.05) is 20.2 Å². The molecule has 0 unspecified atom stereocenters. The Balaban J connectivity index is 1.57. The molecule has 6 nitrogen and oxygen atoms in total. The Morgan fingerprint density at radius 3 is 2.45 bits per heavy atom. The lowest BCUT2D eigenvalue weighted by atomic mass is 10.0. The van der Waals surface area contributed by atoms with E-state index in [1.54, 1.807) is 12.0 Å². The standard InChI is InChI=1S/C16H18N2O4/c1-22-13-5-3-2-4-11(13)8-16(21)17-9-12(10-17)18-14(19)6-7-15(18)20/h2-5,12H,6-10H2,1H3. The van der Waals surface area contributed by atoms with Gasteiger partial charge >= 0.3 is 0 Å². The molecule has 2 aliphatic rings. The monoisotopic (exact) mass is 302 g/mol. The van der Waals surface area contributed by atoms with Crippen molar-refractivity contribution < 1.29 is 19.1 Å². The first kappa shape index (κ1) is 14.6. The molecule has 0 N–H and O–H groups in total. The highest BCUT2D eigenvalue weighted by Gasteiger charge is 2.42. The lowest BCUT2D eigenvalue weighted by Crippen LogP contribution is -2.62. The molecule has 2 aliphatic heterocycles. The molecular formula is C16H18N2O4. The van der Waals surface area contributed by atoms with Gasteiger partial charge in [0.1, 0.15) is 5.75 Å². The van der Waals surface area contributed by atoms with Crippen LogP contribution >= 0.6 is 0 Å². The third-order valence-corrected chi connectivity index (χ3v) is 4.20. The maximum Gasteiger partial charge on any atom is 0.230 e. The number of nitrogens with zero attached hydrogens (tertiary/aromatic N) is 2. The average Bonchev–Trinajstić information content (AvgIpc) is 2.78. The molecule has 0 bridgehead atoms. The number of carbonyl (C=O) groups is 3. The smallest absolute Gasteiger partial charge is 0.230 e. The van der Waals surface area contributed by atoms with Crippen molar-refractivity contribution in [1.82, 2.24) is 9.80 Å². The number of rotatable bonds is 4. The second-order valence-electron chi connectivity index (χ2n) is 5.60. The highest BCUT2D eigenvalue weighted by Crippen LogP contribution is 2.24. The van der Waals surface area contributed by atoms with Crippen molar-refractivity contribution in [3.8, 4) is 5.75 Å². The number of imide groups is 1. The van der Waals surface area contributed by atoms with Gasteiger partial charge in [-0.15, -0.1) is 0 Å². The van der Waals surface area contributed by atoms with Crippen LogP contribution in [-0.2, 0) is 20.8 Å². The highest BCUT2D eigenvalue weighted by molar-refractivity contribution is 6.02. The number of methoxy groups -OCH3 is 1. The van der Waals surface area contributed by atoms with Crippen LogP contribution in [0.3, 0.4) is 0 Å². The first-order chi connectivity index (χ1) is 10.6. The SMILES string of the molecule is COc1ccccc1CC(=O)N1CC(N2C(=O)CCC2=O)C1. The summed E-state index contributed by atoms with van der Waals surface area (Å²) in [6, 6.07) is 7.26. The fraction of sp³-hybridized carbons (Fsp3) is 0.438. The Kier molecular flexibility index (Phi) is 3.83. The zero-order chi connectivity index (χ0) is 15.7. The maximum atomic E-state index is 12.3. The minimum absolute atomic E-state index is 0.0140. The van der Waals surface area contributed by atoms with Crippen molar-refractivity contribution in [3.05, 3.63) is 29.8 Å². The first-order valence-corrected chi connectivity index (χ1v) is 7.34. The quantitative estimate of drug-likeness (QED) is 0.764. The number of hydrogen-bond acceptors (Lipinski definition) is 4. The van der Waals surface area contributed by atoms with E-state index >= 15 is 0 Å². The number of likely N-dealkylation sites (tertiary alicyclic amines) is 2. The summed E-state index contributed by atoms with van der Waals surface area (Å²) in [6.45, 7) is 0.872. The molecule has 1 aromatic carbocycles. The molecule has 0 atom stereocenters. The third-order valence-electron chi connectivity index (χ3n) is 4.20. The van der Waals surface area contributed by atoms with Crippen LogP contribution in [0.5, 0.6) is 5.75 Å². The topological polar surface area (TPSA) is 66.9 Å². The Labute approximate surface area is 128 Å². The highest BCUT2D eigenvalue weighted by atomic mass is 16.5. The summed E-state index contributed by atoms with van der Waals surface area (Å²) < 4.78 is 5.24. The van der Waals surface area contributed by atoms with Gasteiger partial charge in [-0.05, 0) is 6.07 Å². The largest absolute Gasteiger partial charge is 0.496 e. The van der Waals surface area contributed by atoms with Gasteiger partial charge in [0.05, 0.1) is 19.6 Å². The fourth-order valence-corrected chi connectivity index (χ4v) is 2.95. The molecule has 0 aromatic heterocycles. The molecule has 0 aliphatic carbocycles. The number of ether oxygens (including phenoxy) is 1. The van der Waals surface area contributed by atoms with Gasteiger partial charge in [0.25, 0.3) is 0 Å². The van der Waals surface area contributed by atoms with Crippen LogP contribution in [0.1, 0.15) is 18.4 Å². The normalized spacial score (nSPS) is 18.6. The second kappa shape index (κ2) is 5.79. The van der Waals surface area contributed by atoms with Gasteiger partial charge in [-0.3, -0.25) is 19.3 Å². The summed E-state index contributed by atoms with van der Waals surface area (Å²) in [5, 5.41) is 0. The Hall–Kier alpha value is -2.37. The van der Waals surface area contributed by atoms with E-state index < -0.39 is 0 Å². The average molecular weight is 302 g/mol. The van der Waals surface area contributed by atoms with Gasteiger partial charge in [0.2, 0.25) is 17.7 Å². The predicted octanol–water partition coefficient (Wildman–Crippen LogP) is 0.598. The van der Waals surface area contributed by atoms with Gasteiger partial charge in [-0.25, -0.2) is 0 Å². The molecule has 0 spiro atoms. The Bertz CT molecular complexity index is 606. The van der Waals surface area contributed by atoms with Crippen molar-refractivity contribution in [2.45, 2.75) is 25.3 Å². The Morgan fingerprint density at radius 2 is 1.82 bits per heavy atom. The van der Waals surface area contributed by atoms with Crippen molar-refractivity contribution in [1.29, 1.82) is 0 Å². The van der Waals surface area contributed by atoms with Crippen molar-refractivity contribution in [2.24, 2.45) is 0 Å². The molecule has 3 rings (SSSR count). The van der Waals surface area contributed by atoms with Crippen LogP contribution in [0.15, 0.2) is 24.3 Å². The first-order valence-electron chi connectivity index (χ1n) is 7.34. The van der Waals surface area contributed by atoms with Crippen LogP contribution in [0.25, 0.3) is 0 Å². The van der Waals surface area contributed by atoms with E-state index in [4.69, 9.17) is 4.74 Å². The van der Waals surface area contributed by atoms with Crippen molar-refractivity contribution >= 4 is 17.7 Å². The van der Waals surface area contributed by atoms with Gasteiger partial charge < -0.3 is 9.64 Å². The summed E-state index contributed by atoms with van der Waals surface area (Å²) in [6.07, 6.45) is 0.855. The van der Waals surface area contributed by atoms with Crippen LogP contribution in [0.2, 0.25) is 0 Å². The van der Waals surface area contributed by atoms with E-state index in [1.165, 1.54) is 4.90 Å². The molecule has 2 fully saturated rings. The summed E-state index contributed by atoms with van der Waals surface area (Å²) >= 11 is 0. The summed E-state index contributed by atoms with van der Waals surface area (Å²) in [7, 11) is 1.58. The third kappa shape index (κ3) is 2.56. The van der Waals surface area contributed by atoms with Gasteiger partial charge in [-0.1, -0.05) is 18.2 Å². The molecule has 2 heterocycles. The van der Waals surface area contributed by atoms with Gasteiger partial charge in [0, 0.05) is 31.5 Å². The summed E-state index contributed by atoms with van der Waals surface area (Å²) in [4.78, 5) is 38.6. The lowest BCUT2D eigenvalue weighted by molar-refractivity contribution is -0.151. The molecule has 116 valence electrons. The lowest BCUT2D eigenvalue weighted by Gasteiger charge is -2.43. The van der Waals surface area contributed by atoms with Crippen LogP contribution < -0.4 is 4.74 Å². The van der Waals surface area contributed by atoms with E-state index in [1.807, 2.05) is 24.3 Å². The second-order valence-corrected chi connectivity index (χ2v) is 5.60. The number of amides is 3. The maximum absolute atomic E-state index is 12.3. The molecule has 0 saturated carbocycles. The minimum Gasteiger partial charge on any atom is -0.496 e. The van der Waals surface area contributed by atoms with Gasteiger partial charge in [0.15, 0.2) is 0 Å².